The van der Waals surface area contributed by atoms with Gasteiger partial charge in [-0.1, -0.05) is 19.1 Å². The summed E-state index contributed by atoms with van der Waals surface area (Å²) in [5.74, 6) is -2.24. The number of hydrogen-bond donors (Lipinski definition) is 3. The highest BCUT2D eigenvalue weighted by Crippen LogP contribution is 2.33. The lowest BCUT2D eigenvalue weighted by molar-refractivity contribution is -0.143. The van der Waals surface area contributed by atoms with Crippen molar-refractivity contribution in [2.24, 2.45) is 11.8 Å². The zero-order valence-electron chi connectivity index (χ0n) is 16.7. The molecule has 3 rings (SSSR count). The molecule has 0 unspecified atom stereocenters. The number of carbonyl (C=O) groups excluding carboxylic acids is 2. The highest BCUT2D eigenvalue weighted by molar-refractivity contribution is 7.16. The molecule has 0 saturated heterocycles. The van der Waals surface area contributed by atoms with Crippen LogP contribution in [0.15, 0.2) is 30.3 Å². The number of rotatable bonds is 7. The van der Waals surface area contributed by atoms with E-state index in [-0.39, 0.29) is 36.0 Å². The standard InChI is InChI=1S/C22H25FN2O4S/c1-2-17-11-18(20(27)24-12-13-3-9-16(23)10-4-13)21(30-17)25-19(26)14-5-7-15(8-6-14)22(28)29/h3-4,9-11,14-15H,2,5-8,12H2,1H3,(H,24,27)(H,25,26)(H,28,29). The Kier molecular flexibility index (Phi) is 7.20. The Balaban J connectivity index is 1.64. The van der Waals surface area contributed by atoms with E-state index in [9.17, 15) is 18.8 Å². The lowest BCUT2D eigenvalue weighted by Crippen LogP contribution is -2.30. The average molecular weight is 433 g/mol. The Labute approximate surface area is 178 Å². The van der Waals surface area contributed by atoms with E-state index in [4.69, 9.17) is 5.11 Å². The van der Waals surface area contributed by atoms with Crippen molar-refractivity contribution < 1.29 is 23.9 Å². The summed E-state index contributed by atoms with van der Waals surface area (Å²) in [7, 11) is 0. The number of carboxylic acids is 1. The van der Waals surface area contributed by atoms with Crippen molar-refractivity contribution >= 4 is 34.1 Å². The first-order chi connectivity index (χ1) is 14.4. The highest BCUT2D eigenvalue weighted by Gasteiger charge is 2.30. The van der Waals surface area contributed by atoms with Gasteiger partial charge in [-0.3, -0.25) is 14.4 Å². The van der Waals surface area contributed by atoms with Gasteiger partial charge in [0, 0.05) is 17.3 Å². The number of benzene rings is 1. The van der Waals surface area contributed by atoms with E-state index in [0.29, 0.717) is 36.2 Å². The molecule has 30 heavy (non-hydrogen) atoms. The van der Waals surface area contributed by atoms with Crippen LogP contribution in [0, 0.1) is 17.7 Å². The zero-order valence-corrected chi connectivity index (χ0v) is 17.6. The molecule has 1 aromatic heterocycles. The molecule has 0 radical (unpaired) electrons. The topological polar surface area (TPSA) is 95.5 Å². The van der Waals surface area contributed by atoms with Crippen LogP contribution in [0.4, 0.5) is 9.39 Å². The molecule has 1 heterocycles. The molecule has 1 aromatic carbocycles. The van der Waals surface area contributed by atoms with Crippen LogP contribution in [0.25, 0.3) is 0 Å². The molecule has 0 aliphatic heterocycles. The summed E-state index contributed by atoms with van der Waals surface area (Å²) >= 11 is 1.37. The third-order valence-corrected chi connectivity index (χ3v) is 6.62. The van der Waals surface area contributed by atoms with E-state index < -0.39 is 5.97 Å². The molecule has 1 saturated carbocycles. The Morgan fingerprint density at radius 3 is 2.33 bits per heavy atom. The van der Waals surface area contributed by atoms with E-state index in [2.05, 4.69) is 10.6 Å². The normalized spacial score (nSPS) is 18.6. The molecule has 1 fully saturated rings. The number of nitrogens with one attached hydrogen (secondary N) is 2. The summed E-state index contributed by atoms with van der Waals surface area (Å²) in [5, 5.41) is 15.3. The lowest BCUT2D eigenvalue weighted by atomic mass is 9.81. The molecule has 6 nitrogen and oxygen atoms in total. The SMILES string of the molecule is CCc1cc(C(=O)NCc2ccc(F)cc2)c(NC(=O)C2CCC(C(=O)O)CC2)s1. The maximum absolute atomic E-state index is 13.0. The van der Waals surface area contributed by atoms with Crippen molar-refractivity contribution in [1.29, 1.82) is 0 Å². The molecule has 0 atom stereocenters. The fourth-order valence-corrected chi connectivity index (χ4v) is 4.57. The molecule has 2 amide bonds. The summed E-state index contributed by atoms with van der Waals surface area (Å²) in [4.78, 5) is 37.5. The molecular weight excluding hydrogens is 407 g/mol. The summed E-state index contributed by atoms with van der Waals surface area (Å²) in [5.41, 5.74) is 1.18. The van der Waals surface area contributed by atoms with Crippen LogP contribution < -0.4 is 10.6 Å². The molecular formula is C22H25FN2O4S. The second-order valence-electron chi connectivity index (χ2n) is 7.49. The van der Waals surface area contributed by atoms with Crippen LogP contribution in [0.1, 0.15) is 53.4 Å². The number of aryl methyl sites for hydroxylation is 1. The van der Waals surface area contributed by atoms with Crippen LogP contribution in [-0.4, -0.2) is 22.9 Å². The number of amides is 2. The Morgan fingerprint density at radius 2 is 1.73 bits per heavy atom. The number of halogens is 1. The maximum atomic E-state index is 13.0. The quantitative estimate of drug-likeness (QED) is 0.611. The molecule has 0 spiro atoms. The minimum atomic E-state index is -0.806. The van der Waals surface area contributed by atoms with E-state index in [1.54, 1.807) is 18.2 Å². The summed E-state index contributed by atoms with van der Waals surface area (Å²) in [6.45, 7) is 2.23. The van der Waals surface area contributed by atoms with Crippen LogP contribution in [0.2, 0.25) is 0 Å². The first-order valence-electron chi connectivity index (χ1n) is 10.1. The molecule has 3 N–H and O–H groups in total. The van der Waals surface area contributed by atoms with Crippen molar-refractivity contribution in [3.8, 4) is 0 Å². The minimum absolute atomic E-state index is 0.170. The monoisotopic (exact) mass is 432 g/mol. The molecule has 1 aliphatic rings. The molecule has 2 aromatic rings. The van der Waals surface area contributed by atoms with Crippen LogP contribution in [-0.2, 0) is 22.6 Å². The second kappa shape index (κ2) is 9.84. The van der Waals surface area contributed by atoms with E-state index >= 15 is 0 Å². The van der Waals surface area contributed by atoms with E-state index in [1.807, 2.05) is 6.92 Å². The fourth-order valence-electron chi connectivity index (χ4n) is 3.57. The lowest BCUT2D eigenvalue weighted by Gasteiger charge is -2.25. The fraction of sp³-hybridized carbons (Fsp3) is 0.409. The Morgan fingerprint density at radius 1 is 1.10 bits per heavy atom. The van der Waals surface area contributed by atoms with Gasteiger partial charge in [0.25, 0.3) is 5.91 Å². The predicted molar refractivity (Wildman–Crippen MR) is 113 cm³/mol. The van der Waals surface area contributed by atoms with Gasteiger partial charge in [-0.25, -0.2) is 4.39 Å². The van der Waals surface area contributed by atoms with Gasteiger partial charge in [0.15, 0.2) is 0 Å². The first-order valence-corrected chi connectivity index (χ1v) is 10.9. The summed E-state index contributed by atoms with van der Waals surface area (Å²) in [6.07, 6.45) is 2.77. The third-order valence-electron chi connectivity index (χ3n) is 5.43. The van der Waals surface area contributed by atoms with Gasteiger partial charge < -0.3 is 15.7 Å². The van der Waals surface area contributed by atoms with Crippen molar-refractivity contribution in [2.75, 3.05) is 5.32 Å². The number of carboxylic acid groups (broad SMARTS) is 1. The molecule has 0 bridgehead atoms. The van der Waals surface area contributed by atoms with Gasteiger partial charge in [0.05, 0.1) is 11.5 Å². The number of carbonyl (C=O) groups is 3. The van der Waals surface area contributed by atoms with Gasteiger partial charge in [-0.15, -0.1) is 11.3 Å². The molecule has 8 heteroatoms. The van der Waals surface area contributed by atoms with Crippen molar-refractivity contribution in [3.05, 3.63) is 52.2 Å². The largest absolute Gasteiger partial charge is 0.481 e. The average Bonchev–Trinajstić information content (AvgIpc) is 3.16. The van der Waals surface area contributed by atoms with E-state index in [1.165, 1.54) is 23.5 Å². The van der Waals surface area contributed by atoms with E-state index in [0.717, 1.165) is 16.9 Å². The van der Waals surface area contributed by atoms with Gasteiger partial charge in [0.2, 0.25) is 5.91 Å². The zero-order chi connectivity index (χ0) is 21.7. The van der Waals surface area contributed by atoms with Crippen LogP contribution >= 0.6 is 11.3 Å². The molecule has 160 valence electrons. The first kappa shape index (κ1) is 22.0. The number of thiophene rings is 1. The van der Waals surface area contributed by atoms with Gasteiger partial charge in [-0.2, -0.15) is 0 Å². The number of hydrogen-bond acceptors (Lipinski definition) is 4. The van der Waals surface area contributed by atoms with Crippen molar-refractivity contribution in [2.45, 2.75) is 45.6 Å². The molecule has 1 aliphatic carbocycles. The van der Waals surface area contributed by atoms with Gasteiger partial charge in [0.1, 0.15) is 10.8 Å². The predicted octanol–water partition coefficient (Wildman–Crippen LogP) is 4.21. The van der Waals surface area contributed by atoms with Crippen LogP contribution in [0.3, 0.4) is 0 Å². The summed E-state index contributed by atoms with van der Waals surface area (Å²) < 4.78 is 13.0. The van der Waals surface area contributed by atoms with Crippen molar-refractivity contribution in [3.63, 3.8) is 0 Å². The minimum Gasteiger partial charge on any atom is -0.481 e. The van der Waals surface area contributed by atoms with Gasteiger partial charge in [-0.05, 0) is 55.9 Å². The second-order valence-corrected chi connectivity index (χ2v) is 8.63. The number of aliphatic carboxylic acids is 1. The third kappa shape index (κ3) is 5.44. The Hall–Kier alpha value is -2.74. The highest BCUT2D eigenvalue weighted by atomic mass is 32.1. The maximum Gasteiger partial charge on any atom is 0.306 e. The smallest absolute Gasteiger partial charge is 0.306 e. The van der Waals surface area contributed by atoms with Gasteiger partial charge >= 0.3 is 5.97 Å². The number of anilines is 1. The van der Waals surface area contributed by atoms with Crippen molar-refractivity contribution in [1.82, 2.24) is 5.32 Å². The Bertz CT molecular complexity index is 918. The van der Waals surface area contributed by atoms with Crippen LogP contribution in [0.5, 0.6) is 0 Å². The summed E-state index contributed by atoms with van der Waals surface area (Å²) in [6, 6.07) is 7.67.